The van der Waals surface area contributed by atoms with Crippen LogP contribution in [-0.2, 0) is 14.4 Å². The minimum Gasteiger partial charge on any atom is -0.480 e. The fraction of sp³-hybridized carbons (Fsp3) is 0.800. The molecular weight excluding hydrogens is 346 g/mol. The predicted octanol–water partition coefficient (Wildman–Crippen LogP) is -1.36. The van der Waals surface area contributed by atoms with Crippen LogP contribution in [0.25, 0.3) is 0 Å². The summed E-state index contributed by atoms with van der Waals surface area (Å²) in [6.45, 7) is 0.925. The Bertz CT molecular complexity index is 410. The summed E-state index contributed by atoms with van der Waals surface area (Å²) in [5, 5.41) is 9.32. The molecule has 0 saturated heterocycles. The van der Waals surface area contributed by atoms with E-state index in [4.69, 9.17) is 22.9 Å². The van der Waals surface area contributed by atoms with E-state index in [1.54, 1.807) is 0 Å². The van der Waals surface area contributed by atoms with Gasteiger partial charge in [-0.2, -0.15) is 12.6 Å². The van der Waals surface area contributed by atoms with Gasteiger partial charge in [0.25, 0.3) is 0 Å². The molecule has 2 unspecified atom stereocenters. The van der Waals surface area contributed by atoms with Crippen molar-refractivity contribution in [2.24, 2.45) is 22.9 Å². The quantitative estimate of drug-likeness (QED) is 0.168. The third kappa shape index (κ3) is 8.15. The van der Waals surface area contributed by atoms with Gasteiger partial charge in [-0.1, -0.05) is 12.8 Å². The second-order valence-corrected chi connectivity index (χ2v) is 6.23. The molecule has 0 bridgehead atoms. The van der Waals surface area contributed by atoms with Gasteiger partial charge in [0.2, 0.25) is 11.8 Å². The number of nitrogens with two attached hydrogens (primary N) is 4. The number of imide groups is 1. The molecule has 0 aromatic heterocycles. The maximum Gasteiger partial charge on any atom is 0.327 e. The van der Waals surface area contributed by atoms with Crippen LogP contribution in [0, 0.1) is 0 Å². The number of nitrogens with zero attached hydrogens (tertiary/aromatic N) is 1. The Balaban J connectivity index is 5.23. The Kier molecular flexibility index (Phi) is 12.4. The number of carbonyl (C=O) groups excluding carboxylic acids is 2. The fourth-order valence-electron chi connectivity index (χ4n) is 2.31. The molecule has 0 fully saturated rings. The van der Waals surface area contributed by atoms with Crippen LogP contribution >= 0.6 is 12.6 Å². The summed E-state index contributed by atoms with van der Waals surface area (Å²) in [6, 6.07) is -3.40. The van der Waals surface area contributed by atoms with Crippen molar-refractivity contribution >= 4 is 30.4 Å². The van der Waals surface area contributed by atoms with E-state index in [0.29, 0.717) is 56.5 Å². The van der Waals surface area contributed by atoms with Gasteiger partial charge in [0, 0.05) is 5.75 Å². The van der Waals surface area contributed by atoms with Crippen LogP contribution in [0.2, 0.25) is 0 Å². The molecule has 10 heteroatoms. The van der Waals surface area contributed by atoms with Gasteiger partial charge in [0.15, 0.2) is 0 Å². The molecule has 0 radical (unpaired) electrons. The lowest BCUT2D eigenvalue weighted by Gasteiger charge is -2.30. The lowest BCUT2D eigenvalue weighted by molar-refractivity contribution is -0.158. The van der Waals surface area contributed by atoms with Crippen LogP contribution in [0.3, 0.4) is 0 Å². The van der Waals surface area contributed by atoms with Crippen LogP contribution in [0.4, 0.5) is 0 Å². The Morgan fingerprint density at radius 3 is 1.56 bits per heavy atom. The van der Waals surface area contributed by atoms with Gasteiger partial charge in [-0.25, -0.2) is 4.79 Å². The van der Waals surface area contributed by atoms with Gasteiger partial charge < -0.3 is 28.0 Å². The van der Waals surface area contributed by atoms with E-state index in [1.165, 1.54) is 0 Å². The zero-order valence-electron chi connectivity index (χ0n) is 14.5. The van der Waals surface area contributed by atoms with Crippen molar-refractivity contribution < 1.29 is 19.5 Å². The number of carbonyl (C=O) groups is 3. The van der Waals surface area contributed by atoms with Crippen LogP contribution in [0.1, 0.15) is 38.5 Å². The number of aliphatic carboxylic acids is 1. The molecule has 0 saturated carbocycles. The first-order valence-corrected chi connectivity index (χ1v) is 9.06. The topological polar surface area (TPSA) is 179 Å². The van der Waals surface area contributed by atoms with E-state index in [2.05, 4.69) is 12.6 Å². The number of hydrogen-bond donors (Lipinski definition) is 6. The van der Waals surface area contributed by atoms with E-state index in [9.17, 15) is 19.5 Å². The number of unbranched alkanes of at least 4 members (excludes halogenated alkanes) is 2. The zero-order valence-corrected chi connectivity index (χ0v) is 15.4. The van der Waals surface area contributed by atoms with Gasteiger partial charge in [0.05, 0.1) is 12.1 Å². The maximum atomic E-state index is 12.6. The SMILES string of the molecule is NCCCCC(N)C(=O)N(C(=O)C(N)CCCCN)[C@@H](CS)C(=O)O. The van der Waals surface area contributed by atoms with Crippen LogP contribution < -0.4 is 22.9 Å². The number of carboxylic acids is 1. The van der Waals surface area contributed by atoms with Crippen molar-refractivity contribution in [2.75, 3.05) is 18.8 Å². The van der Waals surface area contributed by atoms with E-state index in [0.717, 1.165) is 0 Å². The van der Waals surface area contributed by atoms with E-state index in [-0.39, 0.29) is 5.75 Å². The third-order valence-corrected chi connectivity index (χ3v) is 4.16. The normalized spacial score (nSPS) is 14.6. The van der Waals surface area contributed by atoms with Crippen LogP contribution in [0.15, 0.2) is 0 Å². The van der Waals surface area contributed by atoms with Crippen molar-refractivity contribution in [1.82, 2.24) is 4.90 Å². The van der Waals surface area contributed by atoms with Crippen LogP contribution in [0.5, 0.6) is 0 Å². The first-order chi connectivity index (χ1) is 11.8. The maximum absolute atomic E-state index is 12.6. The van der Waals surface area contributed by atoms with Crippen molar-refractivity contribution in [2.45, 2.75) is 56.7 Å². The minimum absolute atomic E-state index is 0.224. The Morgan fingerprint density at radius 1 is 0.880 bits per heavy atom. The van der Waals surface area contributed by atoms with E-state index < -0.39 is 35.9 Å². The molecular formula is C15H31N5O4S. The molecule has 9 N–H and O–H groups in total. The zero-order chi connectivity index (χ0) is 19.4. The van der Waals surface area contributed by atoms with Crippen LogP contribution in [-0.4, -0.2) is 64.8 Å². The highest BCUT2D eigenvalue weighted by molar-refractivity contribution is 7.80. The molecule has 0 aliphatic carbocycles. The third-order valence-electron chi connectivity index (χ3n) is 3.82. The van der Waals surface area contributed by atoms with Gasteiger partial charge in [-0.3, -0.25) is 14.5 Å². The molecule has 9 nitrogen and oxygen atoms in total. The summed E-state index contributed by atoms with van der Waals surface area (Å²) in [6.07, 6.45) is 3.19. The molecule has 0 aromatic rings. The average Bonchev–Trinajstić information content (AvgIpc) is 2.58. The Hall–Kier alpha value is -1.20. The summed E-state index contributed by atoms with van der Waals surface area (Å²) in [4.78, 5) is 37.3. The Labute approximate surface area is 153 Å². The molecule has 0 spiro atoms. The summed E-state index contributed by atoms with van der Waals surface area (Å²) in [5.74, 6) is -3.06. The molecule has 2 amide bonds. The second kappa shape index (κ2) is 13.1. The van der Waals surface area contributed by atoms with Gasteiger partial charge >= 0.3 is 5.97 Å². The summed E-state index contributed by atoms with van der Waals surface area (Å²) >= 11 is 3.95. The number of hydrogen-bond acceptors (Lipinski definition) is 8. The van der Waals surface area contributed by atoms with Gasteiger partial charge in [0.1, 0.15) is 6.04 Å². The molecule has 0 heterocycles. The molecule has 3 atom stereocenters. The number of carboxylic acid groups (broad SMARTS) is 1. The molecule has 0 aliphatic heterocycles. The first-order valence-electron chi connectivity index (χ1n) is 8.43. The predicted molar refractivity (Wildman–Crippen MR) is 98.9 cm³/mol. The number of rotatable bonds is 13. The Morgan fingerprint density at radius 2 is 1.28 bits per heavy atom. The molecule has 25 heavy (non-hydrogen) atoms. The summed E-state index contributed by atoms with van der Waals surface area (Å²) in [7, 11) is 0. The van der Waals surface area contributed by atoms with Gasteiger partial charge in [-0.15, -0.1) is 0 Å². The summed E-state index contributed by atoms with van der Waals surface area (Å²) < 4.78 is 0. The van der Waals surface area contributed by atoms with E-state index in [1.807, 2.05) is 0 Å². The average molecular weight is 378 g/mol. The van der Waals surface area contributed by atoms with Crippen molar-refractivity contribution in [3.63, 3.8) is 0 Å². The highest BCUT2D eigenvalue weighted by Crippen LogP contribution is 2.12. The monoisotopic (exact) mass is 377 g/mol. The fourth-order valence-corrected chi connectivity index (χ4v) is 2.63. The molecule has 0 aliphatic rings. The van der Waals surface area contributed by atoms with Crippen molar-refractivity contribution in [3.05, 3.63) is 0 Å². The van der Waals surface area contributed by atoms with E-state index >= 15 is 0 Å². The lowest BCUT2D eigenvalue weighted by Crippen LogP contribution is -2.58. The smallest absolute Gasteiger partial charge is 0.327 e. The van der Waals surface area contributed by atoms with Crippen molar-refractivity contribution in [1.29, 1.82) is 0 Å². The minimum atomic E-state index is -1.41. The first kappa shape index (κ1) is 23.8. The lowest BCUT2D eigenvalue weighted by atomic mass is 10.0. The highest BCUT2D eigenvalue weighted by atomic mass is 32.1. The standard InChI is InChI=1S/C15H31N5O4S/c16-7-3-1-5-10(18)13(21)20(12(9-25)15(23)24)14(22)11(19)6-2-4-8-17/h10-12,25H,1-9,16-19H2,(H,23,24)/t10?,11?,12-/m0/s1. The molecule has 0 rings (SSSR count). The second-order valence-electron chi connectivity index (χ2n) is 5.86. The number of amides is 2. The molecule has 0 aromatic carbocycles. The highest BCUT2D eigenvalue weighted by Gasteiger charge is 2.38. The number of thiol groups is 1. The molecule has 146 valence electrons. The van der Waals surface area contributed by atoms with Crippen molar-refractivity contribution in [3.8, 4) is 0 Å². The summed E-state index contributed by atoms with van der Waals surface area (Å²) in [5.41, 5.74) is 22.5. The largest absolute Gasteiger partial charge is 0.480 e. The van der Waals surface area contributed by atoms with Gasteiger partial charge in [-0.05, 0) is 38.8 Å².